The molecule has 0 bridgehead atoms. The molecule has 1 aliphatic rings. The van der Waals surface area contributed by atoms with Crippen molar-refractivity contribution >= 4 is 23.4 Å². The molecular formula is C26H26N4O3. The van der Waals surface area contributed by atoms with Gasteiger partial charge in [0.1, 0.15) is 0 Å². The summed E-state index contributed by atoms with van der Waals surface area (Å²) in [5, 5.41) is 2.91. The van der Waals surface area contributed by atoms with E-state index in [4.69, 9.17) is 0 Å². The zero-order chi connectivity index (χ0) is 23.4. The number of hydrogen-bond donors (Lipinski definition) is 1. The fourth-order valence-corrected chi connectivity index (χ4v) is 3.71. The Hall–Kier alpha value is -4.00. The quantitative estimate of drug-likeness (QED) is 0.594. The molecule has 3 aromatic rings. The van der Waals surface area contributed by atoms with Gasteiger partial charge < -0.3 is 15.1 Å². The first-order chi connectivity index (χ1) is 15.9. The van der Waals surface area contributed by atoms with Gasteiger partial charge in [0.15, 0.2) is 0 Å². The molecule has 0 spiro atoms. The standard InChI is InChI=1S/C26H26N4O3/c1-18-6-11-22(15-19(18)2)28-24(31)21-9-7-20(8-10-21)16-29-13-14-30(26(33)25(29)32)17-23-5-3-4-12-27-23/h3-12,15H,13-14,16-17H2,1-2H3,(H,28,31). The first-order valence-corrected chi connectivity index (χ1v) is 10.9. The van der Waals surface area contributed by atoms with Crippen LogP contribution in [0.3, 0.4) is 0 Å². The van der Waals surface area contributed by atoms with E-state index < -0.39 is 11.8 Å². The van der Waals surface area contributed by atoms with Gasteiger partial charge in [-0.05, 0) is 66.9 Å². The molecule has 2 heterocycles. The van der Waals surface area contributed by atoms with Gasteiger partial charge in [0.2, 0.25) is 0 Å². The lowest BCUT2D eigenvalue weighted by molar-refractivity contribution is -0.156. The minimum Gasteiger partial charge on any atom is -0.328 e. The summed E-state index contributed by atoms with van der Waals surface area (Å²) in [6.07, 6.45) is 1.67. The lowest BCUT2D eigenvalue weighted by atomic mass is 10.1. The van der Waals surface area contributed by atoms with E-state index in [2.05, 4.69) is 10.3 Å². The van der Waals surface area contributed by atoms with Crippen molar-refractivity contribution < 1.29 is 14.4 Å². The average molecular weight is 443 g/mol. The van der Waals surface area contributed by atoms with E-state index in [0.29, 0.717) is 31.7 Å². The van der Waals surface area contributed by atoms with Crippen LogP contribution in [0, 0.1) is 13.8 Å². The molecule has 1 fully saturated rings. The Morgan fingerprint density at radius 1 is 0.879 bits per heavy atom. The average Bonchev–Trinajstić information content (AvgIpc) is 2.82. The van der Waals surface area contributed by atoms with Gasteiger partial charge in [0, 0.05) is 37.1 Å². The molecule has 0 saturated carbocycles. The van der Waals surface area contributed by atoms with E-state index in [9.17, 15) is 14.4 Å². The topological polar surface area (TPSA) is 82.6 Å². The van der Waals surface area contributed by atoms with Crippen molar-refractivity contribution in [3.05, 3.63) is 94.8 Å². The van der Waals surface area contributed by atoms with Crippen LogP contribution < -0.4 is 5.32 Å². The van der Waals surface area contributed by atoms with E-state index in [1.165, 1.54) is 10.5 Å². The first-order valence-electron chi connectivity index (χ1n) is 10.9. The van der Waals surface area contributed by atoms with Crippen molar-refractivity contribution in [3.63, 3.8) is 0 Å². The van der Waals surface area contributed by atoms with Crippen LogP contribution in [-0.4, -0.2) is 45.6 Å². The molecular weight excluding hydrogens is 416 g/mol. The summed E-state index contributed by atoms with van der Waals surface area (Å²) in [5.41, 5.74) is 5.17. The van der Waals surface area contributed by atoms with Crippen molar-refractivity contribution in [2.45, 2.75) is 26.9 Å². The van der Waals surface area contributed by atoms with Crippen molar-refractivity contribution in [1.82, 2.24) is 14.8 Å². The van der Waals surface area contributed by atoms with E-state index in [1.807, 2.05) is 62.4 Å². The number of aromatic nitrogens is 1. The summed E-state index contributed by atoms with van der Waals surface area (Å²) in [4.78, 5) is 45.0. The highest BCUT2D eigenvalue weighted by atomic mass is 16.2. The van der Waals surface area contributed by atoms with Crippen LogP contribution in [0.1, 0.15) is 32.7 Å². The fourth-order valence-electron chi connectivity index (χ4n) is 3.71. The zero-order valence-corrected chi connectivity index (χ0v) is 18.7. The number of hydrogen-bond acceptors (Lipinski definition) is 4. The molecule has 0 aliphatic carbocycles. The van der Waals surface area contributed by atoms with E-state index >= 15 is 0 Å². The molecule has 1 saturated heterocycles. The van der Waals surface area contributed by atoms with Crippen LogP contribution in [0.4, 0.5) is 5.69 Å². The number of aryl methyl sites for hydroxylation is 2. The number of piperazine rings is 1. The van der Waals surface area contributed by atoms with Gasteiger partial charge in [-0.1, -0.05) is 24.3 Å². The molecule has 4 rings (SSSR count). The second-order valence-corrected chi connectivity index (χ2v) is 8.22. The summed E-state index contributed by atoms with van der Waals surface area (Å²) in [6.45, 7) is 5.58. The molecule has 1 aliphatic heterocycles. The molecule has 0 unspecified atom stereocenters. The number of nitrogens with zero attached hydrogens (tertiary/aromatic N) is 3. The third-order valence-corrected chi connectivity index (χ3v) is 5.83. The van der Waals surface area contributed by atoms with E-state index in [-0.39, 0.29) is 5.91 Å². The second-order valence-electron chi connectivity index (χ2n) is 8.22. The Labute approximate surface area is 193 Å². The maximum atomic E-state index is 12.6. The summed E-state index contributed by atoms with van der Waals surface area (Å²) in [6, 6.07) is 18.4. The van der Waals surface area contributed by atoms with E-state index in [0.717, 1.165) is 22.5 Å². The minimum atomic E-state index is -0.520. The van der Waals surface area contributed by atoms with Crippen LogP contribution >= 0.6 is 0 Å². The number of amides is 3. The van der Waals surface area contributed by atoms with Gasteiger partial charge in [-0.3, -0.25) is 19.4 Å². The number of benzene rings is 2. The Kier molecular flexibility index (Phi) is 6.49. The number of rotatable bonds is 6. The number of pyridine rings is 1. The monoisotopic (exact) mass is 442 g/mol. The predicted octanol–water partition coefficient (Wildman–Crippen LogP) is 3.32. The van der Waals surface area contributed by atoms with Crippen molar-refractivity contribution in [3.8, 4) is 0 Å². The Balaban J connectivity index is 1.35. The Morgan fingerprint density at radius 3 is 2.21 bits per heavy atom. The third kappa shape index (κ3) is 5.26. The van der Waals surface area contributed by atoms with Gasteiger partial charge in [-0.2, -0.15) is 0 Å². The Bertz CT molecular complexity index is 1180. The van der Waals surface area contributed by atoms with E-state index in [1.54, 1.807) is 23.2 Å². The van der Waals surface area contributed by atoms with Gasteiger partial charge >= 0.3 is 11.8 Å². The highest BCUT2D eigenvalue weighted by molar-refractivity contribution is 6.35. The number of carbonyl (C=O) groups excluding carboxylic acids is 3. The molecule has 3 amide bonds. The van der Waals surface area contributed by atoms with Gasteiger partial charge in [0.25, 0.3) is 5.91 Å². The number of carbonyl (C=O) groups is 3. The Morgan fingerprint density at radius 2 is 1.58 bits per heavy atom. The van der Waals surface area contributed by atoms with Crippen LogP contribution in [0.15, 0.2) is 66.9 Å². The minimum absolute atomic E-state index is 0.195. The summed E-state index contributed by atoms with van der Waals surface area (Å²) in [5.74, 6) is -1.23. The summed E-state index contributed by atoms with van der Waals surface area (Å²) < 4.78 is 0. The second kappa shape index (κ2) is 9.65. The summed E-state index contributed by atoms with van der Waals surface area (Å²) in [7, 11) is 0. The van der Waals surface area contributed by atoms with Crippen LogP contribution in [0.25, 0.3) is 0 Å². The maximum absolute atomic E-state index is 12.6. The van der Waals surface area contributed by atoms with Crippen LogP contribution in [-0.2, 0) is 22.7 Å². The van der Waals surface area contributed by atoms with Gasteiger partial charge in [-0.15, -0.1) is 0 Å². The third-order valence-electron chi connectivity index (χ3n) is 5.83. The van der Waals surface area contributed by atoms with Crippen molar-refractivity contribution in [2.24, 2.45) is 0 Å². The predicted molar refractivity (Wildman–Crippen MR) is 125 cm³/mol. The highest BCUT2D eigenvalue weighted by Gasteiger charge is 2.32. The molecule has 1 N–H and O–H groups in total. The largest absolute Gasteiger partial charge is 0.328 e. The highest BCUT2D eigenvalue weighted by Crippen LogP contribution is 2.17. The zero-order valence-electron chi connectivity index (χ0n) is 18.7. The molecule has 33 heavy (non-hydrogen) atoms. The van der Waals surface area contributed by atoms with Crippen molar-refractivity contribution in [1.29, 1.82) is 0 Å². The first kappa shape index (κ1) is 22.2. The maximum Gasteiger partial charge on any atom is 0.312 e. The van der Waals surface area contributed by atoms with Gasteiger partial charge in [0.05, 0.1) is 12.2 Å². The molecule has 0 radical (unpaired) electrons. The number of anilines is 1. The van der Waals surface area contributed by atoms with Crippen LogP contribution in [0.5, 0.6) is 0 Å². The lowest BCUT2D eigenvalue weighted by Gasteiger charge is -2.33. The molecule has 7 heteroatoms. The molecule has 168 valence electrons. The van der Waals surface area contributed by atoms with Gasteiger partial charge in [-0.25, -0.2) is 0 Å². The number of nitrogens with one attached hydrogen (secondary N) is 1. The molecule has 0 atom stereocenters. The van der Waals surface area contributed by atoms with Crippen LogP contribution in [0.2, 0.25) is 0 Å². The van der Waals surface area contributed by atoms with Crippen molar-refractivity contribution in [2.75, 3.05) is 18.4 Å². The normalized spacial score (nSPS) is 13.9. The smallest absolute Gasteiger partial charge is 0.312 e. The molecule has 7 nitrogen and oxygen atoms in total. The molecule has 1 aromatic heterocycles. The SMILES string of the molecule is Cc1ccc(NC(=O)c2ccc(CN3CCN(Cc4ccccn4)C(=O)C3=O)cc2)cc1C. The summed E-state index contributed by atoms with van der Waals surface area (Å²) >= 11 is 0. The lowest BCUT2D eigenvalue weighted by Crippen LogP contribution is -2.53. The fraction of sp³-hybridized carbons (Fsp3) is 0.231. The molecule has 2 aromatic carbocycles.